The lowest BCUT2D eigenvalue weighted by Gasteiger charge is -2.22. The summed E-state index contributed by atoms with van der Waals surface area (Å²) in [4.78, 5) is 20.1. The number of carbonyl (C=O) groups is 2. The molecule has 0 heterocycles. The Balaban J connectivity index is 0.000000631. The minimum atomic E-state index is -0.833. The number of carbonyl (C=O) groups excluding carboxylic acids is 1. The second kappa shape index (κ2) is 8.72. The number of esters is 1. The van der Waals surface area contributed by atoms with Crippen molar-refractivity contribution in [2.45, 2.75) is 59.5 Å². The van der Waals surface area contributed by atoms with Crippen molar-refractivity contribution in [3.05, 3.63) is 11.6 Å². The summed E-state index contributed by atoms with van der Waals surface area (Å²) in [5.41, 5.74) is 1.30. The molecule has 0 bridgehead atoms. The molecule has 4 nitrogen and oxygen atoms in total. The monoisotopic (exact) mass is 256 g/mol. The molecule has 1 unspecified atom stereocenters. The molecule has 0 aromatic rings. The van der Waals surface area contributed by atoms with Gasteiger partial charge in [0.25, 0.3) is 5.97 Å². The van der Waals surface area contributed by atoms with Gasteiger partial charge in [0.15, 0.2) is 0 Å². The summed E-state index contributed by atoms with van der Waals surface area (Å²) in [7, 11) is 0. The van der Waals surface area contributed by atoms with Crippen molar-refractivity contribution in [1.82, 2.24) is 0 Å². The van der Waals surface area contributed by atoms with E-state index < -0.39 is 5.97 Å². The largest absolute Gasteiger partial charge is 0.481 e. The van der Waals surface area contributed by atoms with Gasteiger partial charge in [-0.3, -0.25) is 9.59 Å². The highest BCUT2D eigenvalue weighted by atomic mass is 16.5. The standard InChI is InChI=1S/C12H20O2.C2H4O2/c1-4-12(13)14-10(3)11-7-5-9(2)6-8-11;1-2(3)4/h7,9-10H,4-6,8H2,1-3H3;1H3,(H,3,4)/t9-,10?;/m0./s1. The van der Waals surface area contributed by atoms with E-state index in [1.54, 1.807) is 0 Å². The molecule has 104 valence electrons. The van der Waals surface area contributed by atoms with Crippen LogP contribution in [0.25, 0.3) is 0 Å². The number of ether oxygens (including phenoxy) is 1. The third-order valence-electron chi connectivity index (χ3n) is 2.83. The molecule has 0 amide bonds. The fourth-order valence-electron chi connectivity index (χ4n) is 1.71. The maximum absolute atomic E-state index is 11.1. The molecule has 1 aliphatic rings. The molecule has 0 saturated carbocycles. The highest BCUT2D eigenvalue weighted by Gasteiger charge is 2.17. The Kier molecular flexibility index (Phi) is 8.08. The third-order valence-corrected chi connectivity index (χ3v) is 2.83. The van der Waals surface area contributed by atoms with Crippen molar-refractivity contribution in [2.75, 3.05) is 0 Å². The first kappa shape index (κ1) is 16.7. The van der Waals surface area contributed by atoms with E-state index in [9.17, 15) is 4.79 Å². The van der Waals surface area contributed by atoms with Gasteiger partial charge in [-0.2, -0.15) is 0 Å². The Hall–Kier alpha value is -1.32. The minimum absolute atomic E-state index is 0.0186. The predicted octanol–water partition coefficient (Wildman–Crippen LogP) is 3.17. The molecule has 0 spiro atoms. The molecule has 1 N–H and O–H groups in total. The van der Waals surface area contributed by atoms with Gasteiger partial charge in [0.05, 0.1) is 0 Å². The molecule has 4 heteroatoms. The van der Waals surface area contributed by atoms with E-state index >= 15 is 0 Å². The number of carboxylic acid groups (broad SMARTS) is 1. The first-order chi connectivity index (χ1) is 8.36. The Bertz CT molecular complexity index is 303. The normalized spacial score (nSPS) is 20.0. The molecular formula is C14H24O4. The molecule has 0 saturated heterocycles. The summed E-state index contributed by atoms with van der Waals surface area (Å²) >= 11 is 0. The smallest absolute Gasteiger partial charge is 0.306 e. The van der Waals surface area contributed by atoms with Crippen LogP contribution in [0.3, 0.4) is 0 Å². The lowest BCUT2D eigenvalue weighted by Crippen LogP contribution is -2.18. The Labute approximate surface area is 109 Å². The van der Waals surface area contributed by atoms with Gasteiger partial charge in [-0.25, -0.2) is 0 Å². The van der Waals surface area contributed by atoms with Crippen LogP contribution in [0.2, 0.25) is 0 Å². The predicted molar refractivity (Wildman–Crippen MR) is 70.3 cm³/mol. The first-order valence-electron chi connectivity index (χ1n) is 6.44. The van der Waals surface area contributed by atoms with Crippen molar-refractivity contribution in [1.29, 1.82) is 0 Å². The molecule has 0 aromatic heterocycles. The maximum Gasteiger partial charge on any atom is 0.306 e. The van der Waals surface area contributed by atoms with Crippen molar-refractivity contribution in [2.24, 2.45) is 5.92 Å². The van der Waals surface area contributed by atoms with Crippen LogP contribution in [0.15, 0.2) is 11.6 Å². The molecule has 1 rings (SSSR count). The topological polar surface area (TPSA) is 63.6 Å². The van der Waals surface area contributed by atoms with E-state index in [0.717, 1.165) is 25.7 Å². The number of aliphatic carboxylic acids is 1. The lowest BCUT2D eigenvalue weighted by atomic mass is 9.89. The highest BCUT2D eigenvalue weighted by molar-refractivity contribution is 5.69. The van der Waals surface area contributed by atoms with E-state index in [2.05, 4.69) is 13.0 Å². The fourth-order valence-corrected chi connectivity index (χ4v) is 1.71. The van der Waals surface area contributed by atoms with Gasteiger partial charge in [0.1, 0.15) is 6.10 Å². The summed E-state index contributed by atoms with van der Waals surface area (Å²) in [5, 5.41) is 7.42. The molecule has 18 heavy (non-hydrogen) atoms. The Morgan fingerprint density at radius 3 is 2.50 bits per heavy atom. The average molecular weight is 256 g/mol. The van der Waals surface area contributed by atoms with E-state index in [4.69, 9.17) is 14.6 Å². The van der Waals surface area contributed by atoms with E-state index in [1.807, 2.05) is 13.8 Å². The van der Waals surface area contributed by atoms with Crippen molar-refractivity contribution in [3.63, 3.8) is 0 Å². The summed E-state index contributed by atoms with van der Waals surface area (Å²) < 4.78 is 5.27. The number of allylic oxidation sites excluding steroid dienone is 1. The van der Waals surface area contributed by atoms with Gasteiger partial charge in [-0.1, -0.05) is 19.9 Å². The van der Waals surface area contributed by atoms with Gasteiger partial charge in [-0.05, 0) is 37.7 Å². The van der Waals surface area contributed by atoms with Gasteiger partial charge in [0, 0.05) is 13.3 Å². The Morgan fingerprint density at radius 1 is 1.56 bits per heavy atom. The zero-order valence-corrected chi connectivity index (χ0v) is 11.7. The van der Waals surface area contributed by atoms with Gasteiger partial charge in [-0.15, -0.1) is 0 Å². The molecule has 1 aliphatic carbocycles. The van der Waals surface area contributed by atoms with Crippen LogP contribution in [0, 0.1) is 5.92 Å². The highest BCUT2D eigenvalue weighted by Crippen LogP contribution is 2.26. The maximum atomic E-state index is 11.1. The molecule has 0 aliphatic heterocycles. The first-order valence-corrected chi connectivity index (χ1v) is 6.44. The summed E-state index contributed by atoms with van der Waals surface area (Å²) in [6.45, 7) is 7.14. The molecule has 0 aromatic carbocycles. The number of hydrogen-bond acceptors (Lipinski definition) is 3. The van der Waals surface area contributed by atoms with Crippen molar-refractivity contribution in [3.8, 4) is 0 Å². The van der Waals surface area contributed by atoms with Gasteiger partial charge in [0.2, 0.25) is 0 Å². The fraction of sp³-hybridized carbons (Fsp3) is 0.714. The second-order valence-corrected chi connectivity index (χ2v) is 4.66. The van der Waals surface area contributed by atoms with Crippen LogP contribution < -0.4 is 0 Å². The summed E-state index contributed by atoms with van der Waals surface area (Å²) in [6, 6.07) is 0. The third kappa shape index (κ3) is 7.87. The zero-order chi connectivity index (χ0) is 14.1. The van der Waals surface area contributed by atoms with Crippen LogP contribution in [-0.2, 0) is 14.3 Å². The Morgan fingerprint density at radius 2 is 2.11 bits per heavy atom. The van der Waals surface area contributed by atoms with Gasteiger partial charge >= 0.3 is 5.97 Å². The summed E-state index contributed by atoms with van der Waals surface area (Å²) in [5.74, 6) is -0.148. The van der Waals surface area contributed by atoms with Gasteiger partial charge < -0.3 is 9.84 Å². The van der Waals surface area contributed by atoms with E-state index in [0.29, 0.717) is 6.42 Å². The van der Waals surface area contributed by atoms with Crippen molar-refractivity contribution >= 4 is 11.9 Å². The van der Waals surface area contributed by atoms with Crippen LogP contribution in [0.1, 0.15) is 53.4 Å². The SMILES string of the molecule is CC(=O)O.CCC(=O)OC(C)C1=CC[C@H](C)CC1. The minimum Gasteiger partial charge on any atom is -0.481 e. The number of rotatable bonds is 3. The lowest BCUT2D eigenvalue weighted by molar-refractivity contribution is -0.146. The molecule has 0 fully saturated rings. The van der Waals surface area contributed by atoms with Crippen LogP contribution >= 0.6 is 0 Å². The summed E-state index contributed by atoms with van der Waals surface area (Å²) in [6.07, 6.45) is 6.12. The molecule has 2 atom stereocenters. The van der Waals surface area contributed by atoms with E-state index in [1.165, 1.54) is 12.0 Å². The van der Waals surface area contributed by atoms with E-state index in [-0.39, 0.29) is 12.1 Å². The quantitative estimate of drug-likeness (QED) is 0.622. The molecule has 0 radical (unpaired) electrons. The van der Waals surface area contributed by atoms with Crippen LogP contribution in [0.4, 0.5) is 0 Å². The van der Waals surface area contributed by atoms with Crippen molar-refractivity contribution < 1.29 is 19.4 Å². The zero-order valence-electron chi connectivity index (χ0n) is 11.7. The van der Waals surface area contributed by atoms with Crippen LogP contribution in [-0.4, -0.2) is 23.1 Å². The average Bonchev–Trinajstić information content (AvgIpc) is 2.28. The number of hydrogen-bond donors (Lipinski definition) is 1. The molecular weight excluding hydrogens is 232 g/mol. The number of carboxylic acids is 1. The van der Waals surface area contributed by atoms with Crippen LogP contribution in [0.5, 0.6) is 0 Å². The second-order valence-electron chi connectivity index (χ2n) is 4.66.